The number of nitrogens with zero attached hydrogens (tertiary/aromatic N) is 1. The van der Waals surface area contributed by atoms with Crippen LogP contribution in [0.15, 0.2) is 48.5 Å². The largest absolute Gasteiger partial charge is 0.484 e. The summed E-state index contributed by atoms with van der Waals surface area (Å²) in [5.41, 5.74) is 0.589. The van der Waals surface area contributed by atoms with Crippen molar-refractivity contribution in [3.05, 3.63) is 74.8 Å². The lowest BCUT2D eigenvalue weighted by Crippen LogP contribution is -2.28. The third kappa shape index (κ3) is 5.93. The van der Waals surface area contributed by atoms with Gasteiger partial charge in [-0.15, -0.1) is 0 Å². The van der Waals surface area contributed by atoms with Crippen molar-refractivity contribution in [2.45, 2.75) is 6.92 Å². The molecule has 27 heavy (non-hydrogen) atoms. The van der Waals surface area contributed by atoms with Crippen molar-refractivity contribution in [3.8, 4) is 5.75 Å². The summed E-state index contributed by atoms with van der Waals surface area (Å²) >= 11 is 5.74. The minimum absolute atomic E-state index is 0.0243. The molecule has 0 bridgehead atoms. The van der Waals surface area contributed by atoms with E-state index in [1.54, 1.807) is 30.3 Å². The minimum Gasteiger partial charge on any atom is -0.484 e. The molecule has 2 aromatic rings. The van der Waals surface area contributed by atoms with Gasteiger partial charge in [0.15, 0.2) is 12.4 Å². The Morgan fingerprint density at radius 3 is 2.56 bits per heavy atom. The zero-order valence-electron chi connectivity index (χ0n) is 14.5. The fraction of sp³-hybridized carbons (Fsp3) is 0.158. The highest BCUT2D eigenvalue weighted by atomic mass is 35.5. The molecule has 7 nitrogen and oxygen atoms in total. The zero-order chi connectivity index (χ0) is 19.8. The molecule has 0 radical (unpaired) electrons. The van der Waals surface area contributed by atoms with Gasteiger partial charge in [0.1, 0.15) is 10.8 Å². The molecule has 8 heteroatoms. The van der Waals surface area contributed by atoms with E-state index in [1.807, 2.05) is 6.92 Å². The van der Waals surface area contributed by atoms with Crippen LogP contribution in [0.25, 0.3) is 6.08 Å². The van der Waals surface area contributed by atoms with Crippen LogP contribution < -0.4 is 10.1 Å². The van der Waals surface area contributed by atoms with Crippen molar-refractivity contribution in [2.75, 3.05) is 13.2 Å². The Morgan fingerprint density at radius 1 is 1.22 bits per heavy atom. The minimum atomic E-state index is -0.637. The van der Waals surface area contributed by atoms with Gasteiger partial charge in [0, 0.05) is 18.2 Å². The number of nitro groups is 1. The normalized spacial score (nSPS) is 10.6. The van der Waals surface area contributed by atoms with Gasteiger partial charge in [-0.1, -0.05) is 29.8 Å². The highest BCUT2D eigenvalue weighted by molar-refractivity contribution is 6.32. The molecule has 1 amide bonds. The first-order valence-electron chi connectivity index (χ1n) is 8.06. The van der Waals surface area contributed by atoms with Gasteiger partial charge in [-0.2, -0.15) is 0 Å². The number of carbonyl (C=O) groups is 2. The molecular formula is C19H17ClN2O5. The van der Waals surface area contributed by atoms with Crippen molar-refractivity contribution in [1.82, 2.24) is 5.32 Å². The maximum absolute atomic E-state index is 12.2. The van der Waals surface area contributed by atoms with E-state index in [-0.39, 0.29) is 34.6 Å². The standard InChI is InChI=1S/C19H17ClN2O5/c1-2-21-19(24)12-27-15-7-3-13(4-8-15)5-10-18(23)14-6-9-16(20)17(11-14)22(25)26/h3-11H,2,12H2,1H3,(H,21,24)/b10-5+. The Hall–Kier alpha value is -3.19. The average Bonchev–Trinajstić information content (AvgIpc) is 2.65. The van der Waals surface area contributed by atoms with Crippen molar-refractivity contribution >= 4 is 35.1 Å². The number of nitro benzene ring substituents is 1. The monoisotopic (exact) mass is 388 g/mol. The summed E-state index contributed by atoms with van der Waals surface area (Å²) in [4.78, 5) is 33.8. The lowest BCUT2D eigenvalue weighted by atomic mass is 10.1. The molecule has 0 aliphatic rings. The van der Waals surface area contributed by atoms with Gasteiger partial charge in [0.2, 0.25) is 0 Å². The van der Waals surface area contributed by atoms with E-state index in [0.29, 0.717) is 12.3 Å². The molecule has 0 atom stereocenters. The second kappa shape index (κ2) is 9.49. The molecule has 0 aliphatic heterocycles. The van der Waals surface area contributed by atoms with E-state index in [0.717, 1.165) is 11.6 Å². The van der Waals surface area contributed by atoms with Crippen molar-refractivity contribution in [1.29, 1.82) is 0 Å². The molecule has 0 saturated heterocycles. The molecular weight excluding hydrogens is 372 g/mol. The number of amides is 1. The molecule has 0 saturated carbocycles. The summed E-state index contributed by atoms with van der Waals surface area (Å²) in [6.45, 7) is 2.29. The predicted octanol–water partition coefficient (Wildman–Crippen LogP) is 3.66. The number of benzene rings is 2. The number of ketones is 1. The quantitative estimate of drug-likeness (QED) is 0.322. The van der Waals surface area contributed by atoms with E-state index < -0.39 is 4.92 Å². The maximum atomic E-state index is 12.2. The van der Waals surface area contributed by atoms with Crippen LogP contribution in [0.2, 0.25) is 5.02 Å². The van der Waals surface area contributed by atoms with Crippen molar-refractivity contribution < 1.29 is 19.2 Å². The van der Waals surface area contributed by atoms with Crippen LogP contribution >= 0.6 is 11.6 Å². The molecule has 0 heterocycles. The van der Waals surface area contributed by atoms with Gasteiger partial charge in [-0.3, -0.25) is 19.7 Å². The summed E-state index contributed by atoms with van der Waals surface area (Å²) in [7, 11) is 0. The summed E-state index contributed by atoms with van der Waals surface area (Å²) in [5.74, 6) is -0.0616. The topological polar surface area (TPSA) is 98.5 Å². The van der Waals surface area contributed by atoms with Gasteiger partial charge in [0.05, 0.1) is 4.92 Å². The van der Waals surface area contributed by atoms with Gasteiger partial charge < -0.3 is 10.1 Å². The van der Waals surface area contributed by atoms with Crippen LogP contribution in [0.3, 0.4) is 0 Å². The number of ether oxygens (including phenoxy) is 1. The number of hydrogen-bond donors (Lipinski definition) is 1. The Balaban J connectivity index is 2.01. The molecule has 140 valence electrons. The second-order valence-electron chi connectivity index (χ2n) is 5.43. The average molecular weight is 389 g/mol. The smallest absolute Gasteiger partial charge is 0.288 e. The molecule has 0 fully saturated rings. The lowest BCUT2D eigenvalue weighted by molar-refractivity contribution is -0.384. The van der Waals surface area contributed by atoms with Gasteiger partial charge in [0.25, 0.3) is 11.6 Å². The van der Waals surface area contributed by atoms with Crippen LogP contribution in [-0.4, -0.2) is 29.8 Å². The number of halogens is 1. The molecule has 0 unspecified atom stereocenters. The van der Waals surface area contributed by atoms with E-state index in [9.17, 15) is 19.7 Å². The van der Waals surface area contributed by atoms with E-state index in [4.69, 9.17) is 16.3 Å². The first-order valence-corrected chi connectivity index (χ1v) is 8.44. The highest BCUT2D eigenvalue weighted by Gasteiger charge is 2.15. The number of hydrogen-bond acceptors (Lipinski definition) is 5. The molecule has 0 aliphatic carbocycles. The summed E-state index contributed by atoms with van der Waals surface area (Å²) < 4.78 is 5.34. The summed E-state index contributed by atoms with van der Waals surface area (Å²) in [6, 6.07) is 10.7. The fourth-order valence-electron chi connectivity index (χ4n) is 2.15. The van der Waals surface area contributed by atoms with E-state index in [2.05, 4.69) is 5.32 Å². The van der Waals surface area contributed by atoms with Crippen LogP contribution in [0, 0.1) is 10.1 Å². The summed E-state index contributed by atoms with van der Waals surface area (Å²) in [5, 5.41) is 13.5. The molecule has 0 spiro atoms. The maximum Gasteiger partial charge on any atom is 0.288 e. The number of nitrogens with one attached hydrogen (secondary N) is 1. The third-order valence-corrected chi connectivity index (χ3v) is 3.80. The Kier molecular flexibility index (Phi) is 7.08. The number of allylic oxidation sites excluding steroid dienone is 1. The number of rotatable bonds is 8. The van der Waals surface area contributed by atoms with Crippen LogP contribution in [0.1, 0.15) is 22.8 Å². The van der Waals surface area contributed by atoms with Crippen LogP contribution in [-0.2, 0) is 4.79 Å². The molecule has 0 aromatic heterocycles. The third-order valence-electron chi connectivity index (χ3n) is 3.48. The van der Waals surface area contributed by atoms with Gasteiger partial charge >= 0.3 is 0 Å². The van der Waals surface area contributed by atoms with Crippen LogP contribution in [0.5, 0.6) is 5.75 Å². The number of carbonyl (C=O) groups excluding carboxylic acids is 2. The highest BCUT2D eigenvalue weighted by Crippen LogP contribution is 2.25. The number of likely N-dealkylation sites (N-methyl/N-ethyl adjacent to an activating group) is 1. The molecule has 1 N–H and O–H groups in total. The van der Waals surface area contributed by atoms with Gasteiger partial charge in [-0.05, 0) is 42.8 Å². The lowest BCUT2D eigenvalue weighted by Gasteiger charge is -2.06. The molecule has 2 aromatic carbocycles. The van der Waals surface area contributed by atoms with Gasteiger partial charge in [-0.25, -0.2) is 0 Å². The fourth-order valence-corrected chi connectivity index (χ4v) is 2.33. The first-order chi connectivity index (χ1) is 12.9. The predicted molar refractivity (Wildman–Crippen MR) is 102 cm³/mol. The van der Waals surface area contributed by atoms with Crippen LogP contribution in [0.4, 0.5) is 5.69 Å². The Morgan fingerprint density at radius 2 is 1.93 bits per heavy atom. The van der Waals surface area contributed by atoms with E-state index in [1.165, 1.54) is 18.2 Å². The second-order valence-corrected chi connectivity index (χ2v) is 5.84. The Bertz CT molecular complexity index is 878. The van der Waals surface area contributed by atoms with Crippen molar-refractivity contribution in [3.63, 3.8) is 0 Å². The Labute approximate surface area is 160 Å². The SMILES string of the molecule is CCNC(=O)COc1ccc(/C=C/C(=O)c2ccc(Cl)c([N+](=O)[O-])c2)cc1. The van der Waals surface area contributed by atoms with Crippen molar-refractivity contribution in [2.24, 2.45) is 0 Å². The zero-order valence-corrected chi connectivity index (χ0v) is 15.2. The first kappa shape index (κ1) is 20.1. The molecule has 2 rings (SSSR count). The van der Waals surface area contributed by atoms with E-state index >= 15 is 0 Å². The summed E-state index contributed by atoms with van der Waals surface area (Å²) in [6.07, 6.45) is 2.90.